The number of rotatable bonds is 5. The Balaban J connectivity index is 2.10. The molecule has 1 aromatic carbocycles. The summed E-state index contributed by atoms with van der Waals surface area (Å²) >= 11 is 0. The Morgan fingerprint density at radius 2 is 2.11 bits per heavy atom. The lowest BCUT2D eigenvalue weighted by Crippen LogP contribution is -2.22. The Bertz CT molecular complexity index is 610. The molecule has 2 aromatic rings. The molecule has 0 bridgehead atoms. The molecule has 0 saturated carbocycles. The monoisotopic (exact) mass is 259 g/mol. The highest BCUT2D eigenvalue weighted by Gasteiger charge is 2.19. The summed E-state index contributed by atoms with van der Waals surface area (Å²) in [6.07, 6.45) is 1.27. The average Bonchev–Trinajstić information content (AvgIpc) is 2.40. The van der Waals surface area contributed by atoms with Gasteiger partial charge in [0.05, 0.1) is 12.2 Å². The van der Waals surface area contributed by atoms with E-state index in [9.17, 15) is 14.7 Å². The van der Waals surface area contributed by atoms with E-state index in [-0.39, 0.29) is 12.1 Å². The van der Waals surface area contributed by atoms with Crippen molar-refractivity contribution in [2.45, 2.75) is 5.92 Å². The second-order valence-electron chi connectivity index (χ2n) is 3.98. The second-order valence-corrected chi connectivity index (χ2v) is 3.98. The third-order valence-corrected chi connectivity index (χ3v) is 2.67. The first-order valence-electron chi connectivity index (χ1n) is 5.73. The van der Waals surface area contributed by atoms with Gasteiger partial charge in [0.1, 0.15) is 5.82 Å². The van der Waals surface area contributed by atoms with Crippen LogP contribution in [0.1, 0.15) is 11.5 Å². The predicted molar refractivity (Wildman–Crippen MR) is 70.2 cm³/mol. The molecule has 19 heavy (non-hydrogen) atoms. The number of nitrogens with one attached hydrogen (secondary N) is 2. The number of nitrogens with zero attached hydrogens (tertiary/aromatic N) is 1. The minimum Gasteiger partial charge on any atom is -0.481 e. The molecule has 2 rings (SSSR count). The molecule has 0 fully saturated rings. The zero-order valence-electron chi connectivity index (χ0n) is 10.0. The number of aromatic nitrogens is 2. The van der Waals surface area contributed by atoms with Gasteiger partial charge in [0, 0.05) is 12.6 Å². The minimum atomic E-state index is -0.927. The lowest BCUT2D eigenvalue weighted by Gasteiger charge is -2.13. The minimum absolute atomic E-state index is 0.163. The Kier molecular flexibility index (Phi) is 3.92. The number of hydrogen-bond acceptors (Lipinski definition) is 4. The normalized spacial score (nSPS) is 11.8. The molecular weight excluding hydrogens is 246 g/mol. The smallest absolute Gasteiger partial charge is 0.312 e. The number of hydrogen-bond donors (Lipinski definition) is 3. The van der Waals surface area contributed by atoms with Crippen LogP contribution in [-0.2, 0) is 4.79 Å². The highest BCUT2D eigenvalue weighted by atomic mass is 16.4. The van der Waals surface area contributed by atoms with Crippen LogP contribution < -0.4 is 10.9 Å². The molecule has 1 atom stereocenters. The fourth-order valence-corrected chi connectivity index (χ4v) is 1.70. The summed E-state index contributed by atoms with van der Waals surface area (Å²) in [4.78, 5) is 28.6. The third-order valence-electron chi connectivity index (χ3n) is 2.67. The second kappa shape index (κ2) is 5.81. The van der Waals surface area contributed by atoms with E-state index in [1.165, 1.54) is 12.4 Å². The van der Waals surface area contributed by atoms with Gasteiger partial charge in [0.2, 0.25) is 0 Å². The third kappa shape index (κ3) is 3.41. The highest BCUT2D eigenvalue weighted by Crippen LogP contribution is 2.16. The van der Waals surface area contributed by atoms with Crippen molar-refractivity contribution in [3.63, 3.8) is 0 Å². The van der Waals surface area contributed by atoms with E-state index >= 15 is 0 Å². The molecule has 0 spiro atoms. The maximum absolute atomic E-state index is 11.3. The van der Waals surface area contributed by atoms with Crippen molar-refractivity contribution in [3.05, 3.63) is 58.6 Å². The molecular formula is C13H13N3O3. The van der Waals surface area contributed by atoms with Crippen LogP contribution in [0, 0.1) is 0 Å². The fourth-order valence-electron chi connectivity index (χ4n) is 1.70. The van der Waals surface area contributed by atoms with E-state index in [2.05, 4.69) is 15.3 Å². The van der Waals surface area contributed by atoms with E-state index < -0.39 is 11.9 Å². The van der Waals surface area contributed by atoms with E-state index in [4.69, 9.17) is 0 Å². The number of carboxylic acid groups (broad SMARTS) is 1. The summed E-state index contributed by atoms with van der Waals surface area (Å²) < 4.78 is 0. The van der Waals surface area contributed by atoms with Gasteiger partial charge in [-0.05, 0) is 5.56 Å². The topological polar surface area (TPSA) is 95.1 Å². The number of anilines is 1. The molecule has 0 saturated heterocycles. The quantitative estimate of drug-likeness (QED) is 0.746. The van der Waals surface area contributed by atoms with Gasteiger partial charge in [-0.25, -0.2) is 4.98 Å². The molecule has 6 heteroatoms. The number of carbonyl (C=O) groups is 1. The predicted octanol–water partition coefficient (Wildman–Crippen LogP) is 1.05. The maximum atomic E-state index is 11.3. The lowest BCUT2D eigenvalue weighted by molar-refractivity contribution is -0.138. The summed E-state index contributed by atoms with van der Waals surface area (Å²) in [6, 6.07) is 10.2. The summed E-state index contributed by atoms with van der Waals surface area (Å²) in [5, 5.41) is 12.1. The Morgan fingerprint density at radius 3 is 2.74 bits per heavy atom. The molecule has 0 radical (unpaired) electrons. The van der Waals surface area contributed by atoms with E-state index in [0.29, 0.717) is 11.4 Å². The van der Waals surface area contributed by atoms with Crippen LogP contribution in [0.25, 0.3) is 0 Å². The standard InChI is InChI=1S/C13H13N3O3/c17-12-6-11(15-8-16-12)14-7-10(13(18)19)9-4-2-1-3-5-9/h1-6,8,10H,7H2,(H,18,19)(H2,14,15,16,17). The van der Waals surface area contributed by atoms with E-state index in [1.54, 1.807) is 24.3 Å². The SMILES string of the molecule is O=C(O)C(CNc1cc(=O)[nH]cn1)c1ccccc1. The van der Waals surface area contributed by atoms with Crippen LogP contribution in [0.2, 0.25) is 0 Å². The van der Waals surface area contributed by atoms with Gasteiger partial charge < -0.3 is 15.4 Å². The van der Waals surface area contributed by atoms with Crippen LogP contribution in [0.15, 0.2) is 47.5 Å². The van der Waals surface area contributed by atoms with Gasteiger partial charge in [0.25, 0.3) is 5.56 Å². The Morgan fingerprint density at radius 1 is 1.37 bits per heavy atom. The van der Waals surface area contributed by atoms with E-state index in [1.807, 2.05) is 6.07 Å². The summed E-state index contributed by atoms with van der Waals surface area (Å²) in [7, 11) is 0. The zero-order chi connectivity index (χ0) is 13.7. The van der Waals surface area contributed by atoms with Crippen LogP contribution in [0.3, 0.4) is 0 Å². The first kappa shape index (κ1) is 12.8. The van der Waals surface area contributed by atoms with Crippen molar-refractivity contribution in [2.75, 3.05) is 11.9 Å². The van der Waals surface area contributed by atoms with Gasteiger partial charge in [0.15, 0.2) is 0 Å². The summed E-state index contributed by atoms with van der Waals surface area (Å²) in [5.74, 6) is -1.27. The first-order valence-corrected chi connectivity index (χ1v) is 5.73. The van der Waals surface area contributed by atoms with Crippen LogP contribution in [0.4, 0.5) is 5.82 Å². The van der Waals surface area contributed by atoms with Gasteiger partial charge in [-0.15, -0.1) is 0 Å². The van der Waals surface area contributed by atoms with E-state index in [0.717, 1.165) is 0 Å². The summed E-state index contributed by atoms with van der Waals surface area (Å²) in [5.41, 5.74) is 0.413. The lowest BCUT2D eigenvalue weighted by atomic mass is 9.99. The van der Waals surface area contributed by atoms with Gasteiger partial charge in [-0.2, -0.15) is 0 Å². The molecule has 0 aliphatic carbocycles. The van der Waals surface area contributed by atoms with Gasteiger partial charge >= 0.3 is 5.97 Å². The molecule has 0 aliphatic heterocycles. The fraction of sp³-hybridized carbons (Fsp3) is 0.154. The van der Waals surface area contributed by atoms with Crippen molar-refractivity contribution in [1.82, 2.24) is 9.97 Å². The number of carboxylic acids is 1. The van der Waals surface area contributed by atoms with Crippen LogP contribution in [0.5, 0.6) is 0 Å². The first-order chi connectivity index (χ1) is 9.16. The largest absolute Gasteiger partial charge is 0.481 e. The van der Waals surface area contributed by atoms with Crippen molar-refractivity contribution in [2.24, 2.45) is 0 Å². The molecule has 1 unspecified atom stereocenters. The number of H-pyrrole nitrogens is 1. The molecule has 0 aliphatic rings. The van der Waals surface area contributed by atoms with Crippen molar-refractivity contribution >= 4 is 11.8 Å². The Hall–Kier alpha value is -2.63. The molecule has 3 N–H and O–H groups in total. The van der Waals surface area contributed by atoms with Crippen molar-refractivity contribution < 1.29 is 9.90 Å². The van der Waals surface area contributed by atoms with Gasteiger partial charge in [-0.1, -0.05) is 30.3 Å². The molecule has 0 amide bonds. The number of aromatic amines is 1. The van der Waals surface area contributed by atoms with Crippen LogP contribution >= 0.6 is 0 Å². The molecule has 1 aromatic heterocycles. The Labute approximate surface area is 109 Å². The summed E-state index contributed by atoms with van der Waals surface area (Å²) in [6.45, 7) is 0.163. The number of benzene rings is 1. The maximum Gasteiger partial charge on any atom is 0.312 e. The molecule has 6 nitrogen and oxygen atoms in total. The average molecular weight is 259 g/mol. The highest BCUT2D eigenvalue weighted by molar-refractivity contribution is 5.76. The van der Waals surface area contributed by atoms with Crippen molar-refractivity contribution in [3.8, 4) is 0 Å². The number of aliphatic carboxylic acids is 1. The van der Waals surface area contributed by atoms with Crippen molar-refractivity contribution in [1.29, 1.82) is 0 Å². The molecule has 98 valence electrons. The zero-order valence-corrected chi connectivity index (χ0v) is 10.0. The molecule has 1 heterocycles. The van der Waals surface area contributed by atoms with Crippen LogP contribution in [-0.4, -0.2) is 27.6 Å². The van der Waals surface area contributed by atoms with Gasteiger partial charge in [-0.3, -0.25) is 9.59 Å².